The van der Waals surface area contributed by atoms with Crippen LogP contribution in [0, 0.1) is 17.3 Å². The van der Waals surface area contributed by atoms with Crippen LogP contribution in [-0.4, -0.2) is 21.9 Å². The van der Waals surface area contributed by atoms with Gasteiger partial charge in [-0.15, -0.1) is 0 Å². The summed E-state index contributed by atoms with van der Waals surface area (Å²) in [5.41, 5.74) is 12.7. The van der Waals surface area contributed by atoms with Gasteiger partial charge in [0.15, 0.2) is 0 Å². The van der Waals surface area contributed by atoms with Crippen LogP contribution in [0.4, 0.5) is 0 Å². The van der Waals surface area contributed by atoms with Crippen molar-refractivity contribution in [3.63, 3.8) is 0 Å². The van der Waals surface area contributed by atoms with Crippen molar-refractivity contribution in [3.8, 4) is 0 Å². The Labute approximate surface area is 232 Å². The Morgan fingerprint density at radius 1 is 0.872 bits per heavy atom. The van der Waals surface area contributed by atoms with Gasteiger partial charge in [-0.25, -0.2) is 4.99 Å². The summed E-state index contributed by atoms with van der Waals surface area (Å²) in [6.07, 6.45) is 27.5. The number of allylic oxidation sites excluding steroid dienone is 11. The lowest BCUT2D eigenvalue weighted by Crippen LogP contribution is -2.20. The number of H-pyrrole nitrogens is 1. The highest BCUT2D eigenvalue weighted by Gasteiger charge is 2.67. The number of nitrogens with one attached hydrogen (secondary N) is 1. The van der Waals surface area contributed by atoms with Crippen molar-refractivity contribution in [2.45, 2.75) is 72.8 Å². The highest BCUT2D eigenvalue weighted by atomic mass is 14.9. The number of nitrogens with zero attached hydrogens (tertiary/aromatic N) is 2. The second kappa shape index (κ2) is 8.52. The SMILES string of the molecule is CCC1=CC2=NC1(C)/C=C1C=C(/C=C3N=C(/C=c4\[nH]/c(c(CC)c4CC)=C\2)C(CC)=C\3C)C23C=CC=CC2C\13. The zero-order chi connectivity index (χ0) is 27.1. The summed E-state index contributed by atoms with van der Waals surface area (Å²) in [5.74, 6) is 1.02. The highest BCUT2D eigenvalue weighted by molar-refractivity contribution is 6.23. The molecule has 1 aromatic heterocycles. The molecule has 0 amide bonds. The smallest absolute Gasteiger partial charge is 0.0985 e. The van der Waals surface area contributed by atoms with E-state index >= 15 is 0 Å². The molecular formula is C36H39N3. The van der Waals surface area contributed by atoms with Gasteiger partial charge in [-0.1, -0.05) is 58.1 Å². The Morgan fingerprint density at radius 3 is 2.36 bits per heavy atom. The number of aromatic amines is 1. The maximum Gasteiger partial charge on any atom is 0.0985 e. The molecule has 3 nitrogen and oxygen atoms in total. The third-order valence-corrected chi connectivity index (χ3v) is 10.1. The molecule has 0 aromatic carbocycles. The molecule has 4 heterocycles. The van der Waals surface area contributed by atoms with Crippen LogP contribution in [0.3, 0.4) is 0 Å². The predicted molar refractivity (Wildman–Crippen MR) is 164 cm³/mol. The Balaban J connectivity index is 1.53. The van der Waals surface area contributed by atoms with Crippen LogP contribution >= 0.6 is 0 Å². The summed E-state index contributed by atoms with van der Waals surface area (Å²) < 4.78 is 0. The zero-order valence-corrected chi connectivity index (χ0v) is 24.2. The summed E-state index contributed by atoms with van der Waals surface area (Å²) in [4.78, 5) is 14.5. The first-order valence-electron chi connectivity index (χ1n) is 14.9. The summed E-state index contributed by atoms with van der Waals surface area (Å²) in [6.45, 7) is 13.6. The number of hydrogen-bond donors (Lipinski definition) is 1. The molecule has 8 bridgehead atoms. The van der Waals surface area contributed by atoms with Crippen LogP contribution < -0.4 is 10.7 Å². The average molecular weight is 514 g/mol. The van der Waals surface area contributed by atoms with Crippen molar-refractivity contribution in [2.24, 2.45) is 27.2 Å². The molecule has 198 valence electrons. The van der Waals surface area contributed by atoms with Crippen molar-refractivity contribution < 1.29 is 0 Å². The van der Waals surface area contributed by atoms with Gasteiger partial charge in [0.25, 0.3) is 0 Å². The van der Waals surface area contributed by atoms with Crippen LogP contribution in [0.1, 0.15) is 65.5 Å². The second-order valence-electron chi connectivity index (χ2n) is 12.0. The Hall–Kier alpha value is -3.46. The van der Waals surface area contributed by atoms with Crippen molar-refractivity contribution in [1.29, 1.82) is 0 Å². The maximum atomic E-state index is 5.38. The molecule has 3 heteroatoms. The van der Waals surface area contributed by atoms with E-state index in [1.54, 1.807) is 0 Å². The number of hydrogen-bond acceptors (Lipinski definition) is 2. The lowest BCUT2D eigenvalue weighted by molar-refractivity contribution is 0.668. The van der Waals surface area contributed by atoms with E-state index in [2.05, 4.69) is 107 Å². The lowest BCUT2D eigenvalue weighted by Gasteiger charge is -2.22. The van der Waals surface area contributed by atoms with Crippen LogP contribution in [0.5, 0.6) is 0 Å². The molecule has 3 aliphatic heterocycles. The molecule has 1 N–H and O–H groups in total. The monoisotopic (exact) mass is 513 g/mol. The molecule has 3 aliphatic carbocycles. The fourth-order valence-corrected chi connectivity index (χ4v) is 8.08. The maximum absolute atomic E-state index is 5.38. The molecule has 4 unspecified atom stereocenters. The van der Waals surface area contributed by atoms with E-state index in [0.717, 1.165) is 42.8 Å². The third-order valence-electron chi connectivity index (χ3n) is 10.1. The van der Waals surface area contributed by atoms with Gasteiger partial charge in [0.1, 0.15) is 0 Å². The standard InChI is InChI=1S/C36H39N3/c1-7-23-16-25-18-31-27(9-3)28(10-4)33(38-31)19-32-26(8-2)21(5)30(37-32)17-24-15-22(20-35(23,6)39-25)34-29-13-11-12-14-36(24,29)34/h11-20,29,34,38H,7-10H2,1-6H3/b22-20+,30-17-,31-18-,33-19-. The molecule has 1 fully saturated rings. The average Bonchev–Trinajstić information content (AvgIpc) is 3.08. The van der Waals surface area contributed by atoms with E-state index < -0.39 is 0 Å². The minimum absolute atomic E-state index is 0.0687. The zero-order valence-electron chi connectivity index (χ0n) is 24.2. The lowest BCUT2D eigenvalue weighted by atomic mass is 9.88. The summed E-state index contributed by atoms with van der Waals surface area (Å²) in [7, 11) is 0. The van der Waals surface area contributed by atoms with E-state index in [-0.39, 0.29) is 11.0 Å². The largest absolute Gasteiger partial charge is 0.355 e. The molecule has 6 aliphatic rings. The van der Waals surface area contributed by atoms with Gasteiger partial charge in [-0.05, 0) is 115 Å². The van der Waals surface area contributed by atoms with E-state index in [4.69, 9.17) is 9.98 Å². The van der Waals surface area contributed by atoms with Gasteiger partial charge >= 0.3 is 0 Å². The van der Waals surface area contributed by atoms with E-state index in [1.165, 1.54) is 49.7 Å². The number of aliphatic imine (C=N–C) groups is 2. The van der Waals surface area contributed by atoms with Crippen molar-refractivity contribution >= 4 is 23.6 Å². The van der Waals surface area contributed by atoms with Gasteiger partial charge in [0, 0.05) is 22.0 Å². The molecule has 4 atom stereocenters. The third kappa shape index (κ3) is 3.35. The molecule has 39 heavy (non-hydrogen) atoms. The molecule has 1 spiro atoms. The van der Waals surface area contributed by atoms with Crippen LogP contribution in [0.2, 0.25) is 0 Å². The van der Waals surface area contributed by atoms with E-state index in [0.29, 0.717) is 11.8 Å². The van der Waals surface area contributed by atoms with Crippen LogP contribution in [-0.2, 0) is 12.8 Å². The molecule has 1 saturated carbocycles. The van der Waals surface area contributed by atoms with Crippen molar-refractivity contribution in [1.82, 2.24) is 4.98 Å². The fraction of sp³-hybridized carbons (Fsp3) is 0.389. The minimum atomic E-state index is -0.322. The topological polar surface area (TPSA) is 40.5 Å². The molecule has 0 radical (unpaired) electrons. The van der Waals surface area contributed by atoms with Crippen LogP contribution in [0.25, 0.3) is 12.2 Å². The Kier molecular flexibility index (Phi) is 5.37. The van der Waals surface area contributed by atoms with E-state index in [9.17, 15) is 0 Å². The normalized spacial score (nSPS) is 35.8. The van der Waals surface area contributed by atoms with Gasteiger partial charge in [-0.2, -0.15) is 0 Å². The summed E-state index contributed by atoms with van der Waals surface area (Å²) in [5, 5.41) is 2.38. The Bertz CT molecular complexity index is 1720. The van der Waals surface area contributed by atoms with E-state index in [1.807, 2.05) is 0 Å². The van der Waals surface area contributed by atoms with Gasteiger partial charge < -0.3 is 4.98 Å². The number of fused-ring (bicyclic) bond motifs is 7. The minimum Gasteiger partial charge on any atom is -0.355 e. The van der Waals surface area contributed by atoms with Crippen molar-refractivity contribution in [2.75, 3.05) is 0 Å². The summed E-state index contributed by atoms with van der Waals surface area (Å²) in [6, 6.07) is 0. The first-order chi connectivity index (χ1) is 18.9. The van der Waals surface area contributed by atoms with Gasteiger partial charge in [-0.3, -0.25) is 4.99 Å². The van der Waals surface area contributed by atoms with Gasteiger partial charge in [0.05, 0.1) is 22.7 Å². The first-order valence-corrected chi connectivity index (χ1v) is 14.9. The molecule has 0 saturated heterocycles. The Morgan fingerprint density at radius 2 is 1.64 bits per heavy atom. The fourth-order valence-electron chi connectivity index (χ4n) is 8.08. The van der Waals surface area contributed by atoms with Crippen molar-refractivity contribution in [3.05, 3.63) is 104 Å². The molecular weight excluding hydrogens is 474 g/mol. The number of rotatable bonds is 4. The van der Waals surface area contributed by atoms with Gasteiger partial charge in [0.2, 0.25) is 0 Å². The summed E-state index contributed by atoms with van der Waals surface area (Å²) >= 11 is 0. The predicted octanol–water partition coefficient (Wildman–Crippen LogP) is 6.55. The second-order valence-corrected chi connectivity index (χ2v) is 12.0. The molecule has 1 aromatic rings. The first kappa shape index (κ1) is 24.6. The molecule has 7 rings (SSSR count). The quantitative estimate of drug-likeness (QED) is 0.474. The highest BCUT2D eigenvalue weighted by Crippen LogP contribution is 2.73. The number of aromatic nitrogens is 1. The van der Waals surface area contributed by atoms with Crippen LogP contribution in [0.15, 0.2) is 92.2 Å².